The molecule has 0 aliphatic heterocycles. The molecule has 24 heavy (non-hydrogen) atoms. The Morgan fingerprint density at radius 2 is 1.75 bits per heavy atom. The molecule has 0 aromatic carbocycles. The fourth-order valence-electron chi connectivity index (χ4n) is 6.45. The van der Waals surface area contributed by atoms with Crippen LogP contribution in [0.4, 0.5) is 0 Å². The molecule has 3 rings (SSSR count). The normalized spacial score (nSPS) is 42.8. The zero-order valence-electron chi connectivity index (χ0n) is 16.6. The number of ether oxygens (including phenoxy) is 1. The van der Waals surface area contributed by atoms with Gasteiger partial charge in [-0.15, -0.1) is 0 Å². The summed E-state index contributed by atoms with van der Waals surface area (Å²) in [6.07, 6.45) is 6.90. The Morgan fingerprint density at radius 3 is 2.25 bits per heavy atom. The van der Waals surface area contributed by atoms with Crippen LogP contribution in [0.2, 0.25) is 0 Å². The van der Waals surface area contributed by atoms with Gasteiger partial charge in [-0.1, -0.05) is 48.1 Å². The number of hydrogen-bond acceptors (Lipinski definition) is 2. The predicted octanol–water partition coefficient (Wildman–Crippen LogP) is 5.76. The van der Waals surface area contributed by atoms with Crippen LogP contribution >= 0.6 is 0 Å². The van der Waals surface area contributed by atoms with Crippen molar-refractivity contribution < 1.29 is 9.53 Å². The minimum absolute atomic E-state index is 0.0624. The Labute approximate surface area is 148 Å². The molecular formula is C22H36O2. The topological polar surface area (TPSA) is 26.3 Å². The van der Waals surface area contributed by atoms with Crippen LogP contribution in [0.5, 0.6) is 0 Å². The molecule has 0 N–H and O–H groups in total. The van der Waals surface area contributed by atoms with E-state index in [1.165, 1.54) is 19.3 Å². The maximum absolute atomic E-state index is 12.8. The van der Waals surface area contributed by atoms with Gasteiger partial charge in [0.1, 0.15) is 6.10 Å². The van der Waals surface area contributed by atoms with E-state index in [-0.39, 0.29) is 22.9 Å². The van der Waals surface area contributed by atoms with E-state index >= 15 is 0 Å². The maximum Gasteiger partial charge on any atom is 0.333 e. The van der Waals surface area contributed by atoms with Gasteiger partial charge in [-0.25, -0.2) is 4.79 Å². The molecule has 5 atom stereocenters. The second kappa shape index (κ2) is 5.61. The number of esters is 1. The second-order valence-electron chi connectivity index (χ2n) is 10.6. The van der Waals surface area contributed by atoms with Crippen LogP contribution in [0, 0.1) is 34.0 Å². The largest absolute Gasteiger partial charge is 0.459 e. The van der Waals surface area contributed by atoms with Crippen molar-refractivity contribution in [3.8, 4) is 0 Å². The average Bonchev–Trinajstić information content (AvgIpc) is 2.76. The summed E-state index contributed by atoms with van der Waals surface area (Å²) in [6.45, 7) is 18.2. The zero-order valence-corrected chi connectivity index (χ0v) is 16.6. The molecule has 3 fully saturated rings. The first-order valence-corrected chi connectivity index (χ1v) is 9.86. The van der Waals surface area contributed by atoms with Crippen molar-refractivity contribution in [2.75, 3.05) is 0 Å². The zero-order chi connectivity index (χ0) is 17.9. The SMILES string of the molecule is C=C(C(=O)OC1CC(C)CC(C)(C)C1)C1C[C@H]2CC[C@@]1(C)C2(C)C. The van der Waals surface area contributed by atoms with Crippen molar-refractivity contribution >= 4 is 5.97 Å². The number of rotatable bonds is 3. The fraction of sp³-hybridized carbons (Fsp3) is 0.864. The van der Waals surface area contributed by atoms with Gasteiger partial charge in [-0.05, 0) is 72.5 Å². The highest BCUT2D eigenvalue weighted by molar-refractivity contribution is 5.88. The summed E-state index contributed by atoms with van der Waals surface area (Å²) in [6, 6.07) is 0. The van der Waals surface area contributed by atoms with Gasteiger partial charge in [0.05, 0.1) is 0 Å². The number of fused-ring (bicyclic) bond motifs is 2. The Hall–Kier alpha value is -0.790. The number of hydrogen-bond donors (Lipinski definition) is 0. The van der Waals surface area contributed by atoms with Gasteiger partial charge in [-0.3, -0.25) is 0 Å². The third-order valence-electron chi connectivity index (χ3n) is 8.10. The molecule has 0 aromatic rings. The number of carbonyl (C=O) groups excluding carboxylic acids is 1. The maximum atomic E-state index is 12.8. The molecule has 3 unspecified atom stereocenters. The van der Waals surface area contributed by atoms with E-state index in [4.69, 9.17) is 4.74 Å². The van der Waals surface area contributed by atoms with Gasteiger partial charge in [0, 0.05) is 5.57 Å². The van der Waals surface area contributed by atoms with Gasteiger partial charge in [0.25, 0.3) is 0 Å². The lowest BCUT2D eigenvalue weighted by Crippen LogP contribution is -2.37. The summed E-state index contributed by atoms with van der Waals surface area (Å²) < 4.78 is 5.95. The Kier molecular flexibility index (Phi) is 4.21. The van der Waals surface area contributed by atoms with E-state index in [1.54, 1.807) is 0 Å². The first kappa shape index (κ1) is 18.0. The van der Waals surface area contributed by atoms with E-state index in [9.17, 15) is 4.79 Å². The molecule has 0 heterocycles. The molecule has 0 spiro atoms. The highest BCUT2D eigenvalue weighted by atomic mass is 16.5. The average molecular weight is 333 g/mol. The van der Waals surface area contributed by atoms with Crippen molar-refractivity contribution in [2.24, 2.45) is 34.0 Å². The smallest absolute Gasteiger partial charge is 0.333 e. The lowest BCUT2D eigenvalue weighted by Gasteiger charge is -2.41. The van der Waals surface area contributed by atoms with Crippen LogP contribution in [-0.2, 0) is 9.53 Å². The number of carbonyl (C=O) groups is 1. The van der Waals surface area contributed by atoms with E-state index in [0.29, 0.717) is 17.3 Å². The van der Waals surface area contributed by atoms with Crippen LogP contribution in [-0.4, -0.2) is 12.1 Å². The summed E-state index contributed by atoms with van der Waals surface area (Å²) in [5.74, 6) is 1.52. The van der Waals surface area contributed by atoms with Crippen molar-refractivity contribution in [3.63, 3.8) is 0 Å². The van der Waals surface area contributed by atoms with Gasteiger partial charge in [-0.2, -0.15) is 0 Å². The highest BCUT2D eigenvalue weighted by Gasteiger charge is 2.62. The molecule has 3 saturated carbocycles. The summed E-state index contributed by atoms with van der Waals surface area (Å²) in [7, 11) is 0. The standard InChI is InChI=1S/C22H36O2/c1-14-10-17(13-20(3,4)12-14)24-19(23)15(2)18-11-16-8-9-22(18,7)21(16,5)6/h14,16-18H,2,8-13H2,1,3-7H3/t14?,16-,17?,18?,22-/m1/s1. The van der Waals surface area contributed by atoms with Crippen LogP contribution in [0.3, 0.4) is 0 Å². The molecule has 2 heteroatoms. The quantitative estimate of drug-likeness (QED) is 0.485. The molecule has 3 aliphatic rings. The van der Waals surface area contributed by atoms with Gasteiger partial charge >= 0.3 is 5.97 Å². The van der Waals surface area contributed by atoms with Crippen LogP contribution in [0.1, 0.15) is 80.1 Å². The third kappa shape index (κ3) is 2.74. The van der Waals surface area contributed by atoms with Crippen LogP contribution in [0.25, 0.3) is 0 Å². The Bertz CT molecular complexity index is 544. The monoisotopic (exact) mass is 332 g/mol. The van der Waals surface area contributed by atoms with E-state index in [1.807, 2.05) is 0 Å². The summed E-state index contributed by atoms with van der Waals surface area (Å²) in [5.41, 5.74) is 1.52. The van der Waals surface area contributed by atoms with Crippen LogP contribution < -0.4 is 0 Å². The second-order valence-corrected chi connectivity index (χ2v) is 10.6. The summed E-state index contributed by atoms with van der Waals surface area (Å²) >= 11 is 0. The Balaban J connectivity index is 1.67. The predicted molar refractivity (Wildman–Crippen MR) is 98.5 cm³/mol. The van der Waals surface area contributed by atoms with Gasteiger partial charge in [0.15, 0.2) is 0 Å². The fourth-order valence-corrected chi connectivity index (χ4v) is 6.45. The molecule has 0 amide bonds. The first-order valence-electron chi connectivity index (χ1n) is 9.86. The minimum atomic E-state index is -0.125. The van der Waals surface area contributed by atoms with E-state index in [0.717, 1.165) is 30.8 Å². The third-order valence-corrected chi connectivity index (χ3v) is 8.10. The molecule has 2 nitrogen and oxygen atoms in total. The molecule has 0 saturated heterocycles. The molecule has 136 valence electrons. The van der Waals surface area contributed by atoms with Gasteiger partial charge in [0.2, 0.25) is 0 Å². The van der Waals surface area contributed by atoms with Crippen molar-refractivity contribution in [3.05, 3.63) is 12.2 Å². The molecule has 2 bridgehead atoms. The lowest BCUT2D eigenvalue weighted by atomic mass is 9.65. The Morgan fingerprint density at radius 1 is 1.08 bits per heavy atom. The van der Waals surface area contributed by atoms with E-state index < -0.39 is 0 Å². The molecule has 3 aliphatic carbocycles. The molecule has 0 aromatic heterocycles. The summed E-state index contributed by atoms with van der Waals surface area (Å²) in [4.78, 5) is 12.8. The molecule has 0 radical (unpaired) electrons. The van der Waals surface area contributed by atoms with Crippen molar-refractivity contribution in [2.45, 2.75) is 86.2 Å². The van der Waals surface area contributed by atoms with Crippen molar-refractivity contribution in [1.29, 1.82) is 0 Å². The lowest BCUT2D eigenvalue weighted by molar-refractivity contribution is -0.149. The van der Waals surface area contributed by atoms with Gasteiger partial charge < -0.3 is 4.74 Å². The van der Waals surface area contributed by atoms with Crippen LogP contribution in [0.15, 0.2) is 12.2 Å². The molecular weight excluding hydrogens is 296 g/mol. The summed E-state index contributed by atoms with van der Waals surface area (Å²) in [5, 5.41) is 0. The first-order chi connectivity index (χ1) is 11.0. The van der Waals surface area contributed by atoms with E-state index in [2.05, 4.69) is 48.1 Å². The highest BCUT2D eigenvalue weighted by Crippen LogP contribution is 2.69. The van der Waals surface area contributed by atoms with Crippen molar-refractivity contribution in [1.82, 2.24) is 0 Å². The minimum Gasteiger partial charge on any atom is -0.459 e.